The molecule has 17 nitrogen and oxygen atoms in total. The van der Waals surface area contributed by atoms with Crippen molar-refractivity contribution < 1.29 is 48.2 Å². The third-order valence-corrected chi connectivity index (χ3v) is 12.8. The number of carbonyl (C=O) groups excluding carboxylic acids is 2. The van der Waals surface area contributed by atoms with Crippen molar-refractivity contribution in [1.82, 2.24) is 19.9 Å². The number of unbranched alkanes of at least 4 members (excludes halogenated alkanes) is 28. The van der Waals surface area contributed by atoms with Crippen LogP contribution in [0.15, 0.2) is 0 Å². The molecule has 0 aliphatic carbocycles. The lowest BCUT2D eigenvalue weighted by atomic mass is 10.0. The Hall–Kier alpha value is -2.93. The number of carbonyl (C=O) groups is 2. The lowest BCUT2D eigenvalue weighted by Gasteiger charge is -2.35. The lowest BCUT2D eigenvalue weighted by molar-refractivity contribution is -0.179. The number of hydrogen-bond donors (Lipinski definition) is 2. The Morgan fingerprint density at radius 1 is 0.408 bits per heavy atom. The quantitative estimate of drug-likeness (QED) is 0.0357. The van der Waals surface area contributed by atoms with Crippen LogP contribution in [-0.2, 0) is 38.0 Å². The molecule has 1 aromatic rings. The van der Waals surface area contributed by atoms with Crippen LogP contribution in [-0.4, -0.2) is 122 Å². The SMILES string of the molecule is CCCCCCCCCCCCCCCCCC(=O)OCN(COC)c1nc(N(COC)COC(=O)CCCCCCCCCCCCCCCCC)nc(N(COC)COC(C)N(C(C)O)C(C)O)n1. The number of methoxy groups -OCH3 is 3. The van der Waals surface area contributed by atoms with Gasteiger partial charge in [-0.3, -0.25) is 24.3 Å². The minimum absolute atomic E-state index is 0.0179. The summed E-state index contributed by atoms with van der Waals surface area (Å²) in [6.07, 6.45) is 35.2. The maximum atomic E-state index is 13.0. The molecule has 0 aromatic carbocycles. The first-order chi connectivity index (χ1) is 34.5. The van der Waals surface area contributed by atoms with Crippen molar-refractivity contribution in [3.8, 4) is 0 Å². The number of nitrogens with zero attached hydrogens (tertiary/aromatic N) is 7. The zero-order valence-corrected chi connectivity index (χ0v) is 46.4. The predicted octanol–water partition coefficient (Wildman–Crippen LogP) is 11.9. The second kappa shape index (κ2) is 45.7. The monoisotopic (exact) mass is 1010 g/mol. The minimum Gasteiger partial charge on any atom is -0.444 e. The number of aliphatic hydroxyl groups excluding tert-OH is 2. The van der Waals surface area contributed by atoms with Crippen molar-refractivity contribution in [1.29, 1.82) is 0 Å². The average molecular weight is 1010 g/mol. The van der Waals surface area contributed by atoms with Gasteiger partial charge in [-0.2, -0.15) is 15.0 Å². The number of aromatic nitrogens is 3. The summed E-state index contributed by atoms with van der Waals surface area (Å²) in [6.45, 7) is 8.74. The minimum atomic E-state index is -0.995. The van der Waals surface area contributed by atoms with Crippen LogP contribution in [0.25, 0.3) is 0 Å². The van der Waals surface area contributed by atoms with Crippen LogP contribution in [0.1, 0.15) is 240 Å². The third-order valence-electron chi connectivity index (χ3n) is 12.8. The van der Waals surface area contributed by atoms with Crippen molar-refractivity contribution in [3.63, 3.8) is 0 Å². The summed E-state index contributed by atoms with van der Waals surface area (Å²) >= 11 is 0. The smallest absolute Gasteiger partial charge is 0.307 e. The van der Waals surface area contributed by atoms with Gasteiger partial charge in [0.05, 0.1) is 0 Å². The van der Waals surface area contributed by atoms with E-state index in [-0.39, 0.29) is 70.2 Å². The van der Waals surface area contributed by atoms with E-state index in [1.165, 1.54) is 180 Å². The fraction of sp³-hybridized carbons (Fsp3) is 0.907. The molecule has 0 radical (unpaired) electrons. The predicted molar refractivity (Wildman–Crippen MR) is 285 cm³/mol. The first kappa shape index (κ1) is 66.1. The van der Waals surface area contributed by atoms with Crippen molar-refractivity contribution in [2.75, 3.05) is 76.4 Å². The van der Waals surface area contributed by atoms with E-state index >= 15 is 0 Å². The maximum Gasteiger partial charge on any atom is 0.307 e. The number of ether oxygens (including phenoxy) is 6. The Kier molecular flexibility index (Phi) is 42.5. The summed E-state index contributed by atoms with van der Waals surface area (Å²) in [4.78, 5) is 46.3. The summed E-state index contributed by atoms with van der Waals surface area (Å²) in [7, 11) is 4.55. The number of aliphatic hydroxyl groups is 2. The van der Waals surface area contributed by atoms with Gasteiger partial charge in [0.2, 0.25) is 17.8 Å². The van der Waals surface area contributed by atoms with Crippen LogP contribution in [0.4, 0.5) is 17.8 Å². The topological polar surface area (TPSA) is 182 Å². The van der Waals surface area contributed by atoms with Crippen LogP contribution in [0.2, 0.25) is 0 Å². The van der Waals surface area contributed by atoms with Gasteiger partial charge in [-0.1, -0.05) is 194 Å². The van der Waals surface area contributed by atoms with Gasteiger partial charge in [0, 0.05) is 34.2 Å². The highest BCUT2D eigenvalue weighted by Gasteiger charge is 2.26. The fourth-order valence-electron chi connectivity index (χ4n) is 8.62. The zero-order valence-electron chi connectivity index (χ0n) is 46.4. The Morgan fingerprint density at radius 2 is 0.662 bits per heavy atom. The van der Waals surface area contributed by atoms with Gasteiger partial charge in [-0.05, 0) is 33.6 Å². The molecule has 3 atom stereocenters. The summed E-state index contributed by atoms with van der Waals surface area (Å²) < 4.78 is 34.1. The van der Waals surface area contributed by atoms with Gasteiger partial charge in [-0.25, -0.2) is 4.90 Å². The summed E-state index contributed by atoms with van der Waals surface area (Å²) in [5.41, 5.74) is 0. The van der Waals surface area contributed by atoms with Gasteiger partial charge >= 0.3 is 11.9 Å². The molecule has 0 saturated heterocycles. The lowest BCUT2D eigenvalue weighted by Crippen LogP contribution is -2.48. The van der Waals surface area contributed by atoms with Crippen LogP contribution in [0, 0.1) is 0 Å². The van der Waals surface area contributed by atoms with Gasteiger partial charge in [0.25, 0.3) is 0 Å². The van der Waals surface area contributed by atoms with E-state index in [0.717, 1.165) is 38.5 Å². The number of hydrogen-bond acceptors (Lipinski definition) is 17. The molecule has 2 N–H and O–H groups in total. The largest absolute Gasteiger partial charge is 0.444 e. The summed E-state index contributed by atoms with van der Waals surface area (Å²) in [5, 5.41) is 20.6. The Bertz CT molecular complexity index is 1310. The van der Waals surface area contributed by atoms with Crippen molar-refractivity contribution in [2.24, 2.45) is 0 Å². The van der Waals surface area contributed by atoms with E-state index in [9.17, 15) is 19.8 Å². The third kappa shape index (κ3) is 34.2. The molecule has 0 bridgehead atoms. The molecule has 0 aliphatic rings. The molecule has 1 rings (SSSR count). The molecule has 0 aliphatic heterocycles. The number of rotatable bonds is 51. The highest BCUT2D eigenvalue weighted by atomic mass is 16.6. The van der Waals surface area contributed by atoms with Gasteiger partial charge in [0.1, 0.15) is 45.6 Å². The van der Waals surface area contributed by atoms with E-state index in [1.807, 2.05) is 0 Å². The molecule has 0 spiro atoms. The molecule has 17 heteroatoms. The molecule has 71 heavy (non-hydrogen) atoms. The molecule has 416 valence electrons. The van der Waals surface area contributed by atoms with Gasteiger partial charge in [-0.15, -0.1) is 0 Å². The number of esters is 2. The van der Waals surface area contributed by atoms with Gasteiger partial charge in [0.15, 0.2) is 13.5 Å². The second-order valence-electron chi connectivity index (χ2n) is 19.4. The second-order valence-corrected chi connectivity index (χ2v) is 19.4. The summed E-state index contributed by atoms with van der Waals surface area (Å²) in [6, 6.07) is 0. The Labute approximate surface area is 431 Å². The highest BCUT2D eigenvalue weighted by Crippen LogP contribution is 2.22. The molecule has 0 fully saturated rings. The molecular formula is C54H105N7O10. The molecular weight excluding hydrogens is 907 g/mol. The standard InChI is InChI=1S/C54H105N7O10/c1-9-11-13-15-17-19-21-23-25-27-29-31-33-35-37-39-50(64)70-45-59(42-67-7)53-55-52(58(41-66-6)44-69-49(5)61(47(3)62)48(4)63)56-54(57-53)60(43-68-8)46-71-51(65)40-38-36-34-32-30-28-26-24-22-20-18-16-14-12-10-2/h47-49,62-63H,9-46H2,1-8H3. The molecule has 3 unspecified atom stereocenters. The zero-order chi connectivity index (χ0) is 52.2. The Balaban J connectivity index is 2.92. The van der Waals surface area contributed by atoms with E-state index in [0.29, 0.717) is 12.8 Å². The van der Waals surface area contributed by atoms with Crippen LogP contribution >= 0.6 is 0 Å². The van der Waals surface area contributed by atoms with E-state index in [4.69, 9.17) is 43.4 Å². The average Bonchev–Trinajstić information content (AvgIpc) is 3.34. The first-order valence-electron chi connectivity index (χ1n) is 28.1. The molecule has 1 aromatic heterocycles. The molecule has 0 amide bonds. The molecule has 0 saturated carbocycles. The maximum absolute atomic E-state index is 13.0. The van der Waals surface area contributed by atoms with E-state index in [2.05, 4.69) is 13.8 Å². The normalized spacial score (nSPS) is 12.8. The van der Waals surface area contributed by atoms with Gasteiger partial charge < -0.3 is 38.6 Å². The van der Waals surface area contributed by atoms with Crippen molar-refractivity contribution >= 4 is 29.8 Å². The van der Waals surface area contributed by atoms with Crippen LogP contribution in [0.5, 0.6) is 0 Å². The number of anilines is 3. The van der Waals surface area contributed by atoms with Crippen molar-refractivity contribution in [2.45, 2.75) is 259 Å². The van der Waals surface area contributed by atoms with Crippen molar-refractivity contribution in [3.05, 3.63) is 0 Å². The molecule has 1 heterocycles. The summed E-state index contributed by atoms with van der Waals surface area (Å²) in [5.74, 6) is -0.320. The Morgan fingerprint density at radius 3 is 0.915 bits per heavy atom. The van der Waals surface area contributed by atoms with Crippen LogP contribution < -0.4 is 14.7 Å². The van der Waals surface area contributed by atoms with Crippen LogP contribution in [0.3, 0.4) is 0 Å². The highest BCUT2D eigenvalue weighted by molar-refractivity contribution is 5.70. The fourth-order valence-corrected chi connectivity index (χ4v) is 8.62. The van der Waals surface area contributed by atoms with E-state index < -0.39 is 18.7 Å². The van der Waals surface area contributed by atoms with E-state index in [1.54, 1.807) is 35.5 Å². The first-order valence-corrected chi connectivity index (χ1v) is 28.1.